The van der Waals surface area contributed by atoms with Crippen molar-refractivity contribution in [2.45, 2.75) is 25.3 Å². The molecule has 7 heteroatoms. The van der Waals surface area contributed by atoms with Crippen molar-refractivity contribution in [3.63, 3.8) is 0 Å². The number of methoxy groups -OCH3 is 1. The maximum atomic E-state index is 13.1. The summed E-state index contributed by atoms with van der Waals surface area (Å²) in [6, 6.07) is 22.5. The maximum absolute atomic E-state index is 13.1. The number of carbonyl (C=O) groups excluding carboxylic acids is 2. The Morgan fingerprint density at radius 1 is 1.00 bits per heavy atom. The second kappa shape index (κ2) is 9.87. The van der Waals surface area contributed by atoms with Gasteiger partial charge in [0, 0.05) is 25.5 Å². The molecule has 2 aromatic carbocycles. The number of carbonyl (C=O) groups is 2. The summed E-state index contributed by atoms with van der Waals surface area (Å²) in [6.45, 7) is 0. The van der Waals surface area contributed by atoms with Gasteiger partial charge in [0.25, 0.3) is 0 Å². The number of hydrogen-bond acceptors (Lipinski definition) is 5. The van der Waals surface area contributed by atoms with Crippen LogP contribution >= 0.6 is 0 Å². The zero-order chi connectivity index (χ0) is 22.3. The number of rotatable bonds is 7. The molecule has 2 amide bonds. The van der Waals surface area contributed by atoms with Gasteiger partial charge in [-0.1, -0.05) is 48.5 Å². The van der Waals surface area contributed by atoms with Crippen molar-refractivity contribution in [2.75, 3.05) is 12.4 Å². The van der Waals surface area contributed by atoms with Crippen molar-refractivity contribution in [3.8, 4) is 5.75 Å². The third-order valence-corrected chi connectivity index (χ3v) is 5.27. The Kier molecular flexibility index (Phi) is 6.55. The van der Waals surface area contributed by atoms with Gasteiger partial charge in [0.2, 0.25) is 11.8 Å². The summed E-state index contributed by atoms with van der Waals surface area (Å²) in [5.41, 5.74) is 2.79. The highest BCUT2D eigenvalue weighted by Gasteiger charge is 2.33. The lowest BCUT2D eigenvalue weighted by Crippen LogP contribution is -2.28. The minimum atomic E-state index is -0.260. The molecule has 0 bridgehead atoms. The molecule has 1 unspecified atom stereocenters. The minimum absolute atomic E-state index is 0.0525. The van der Waals surface area contributed by atoms with Crippen LogP contribution in [0.4, 0.5) is 5.82 Å². The topological polar surface area (TPSA) is 83.9 Å². The second-order valence-corrected chi connectivity index (χ2v) is 7.41. The zero-order valence-electron chi connectivity index (χ0n) is 17.8. The van der Waals surface area contributed by atoms with Crippen LogP contribution in [0.2, 0.25) is 0 Å². The first-order valence-electron chi connectivity index (χ1n) is 10.4. The van der Waals surface area contributed by atoms with Crippen LogP contribution in [-0.2, 0) is 9.59 Å². The molecule has 1 aromatic heterocycles. The molecule has 0 spiro atoms. The van der Waals surface area contributed by atoms with E-state index < -0.39 is 0 Å². The van der Waals surface area contributed by atoms with Gasteiger partial charge in [-0.15, -0.1) is 0 Å². The van der Waals surface area contributed by atoms with E-state index in [1.54, 1.807) is 31.5 Å². The fraction of sp³-hybridized carbons (Fsp3) is 0.200. The summed E-state index contributed by atoms with van der Waals surface area (Å²) in [5.74, 6) is 0.754. The minimum Gasteiger partial charge on any atom is -0.497 e. The lowest BCUT2D eigenvalue weighted by molar-refractivity contribution is -0.134. The molecule has 2 heterocycles. The highest BCUT2D eigenvalue weighted by atomic mass is 16.5. The van der Waals surface area contributed by atoms with Crippen molar-refractivity contribution in [3.05, 3.63) is 90.1 Å². The number of pyridine rings is 1. The summed E-state index contributed by atoms with van der Waals surface area (Å²) in [7, 11) is 1.62. The Labute approximate surface area is 186 Å². The second-order valence-electron chi connectivity index (χ2n) is 7.41. The summed E-state index contributed by atoms with van der Waals surface area (Å²) in [4.78, 5) is 29.4. The molecule has 32 heavy (non-hydrogen) atoms. The molecule has 7 nitrogen and oxygen atoms in total. The van der Waals surface area contributed by atoms with Gasteiger partial charge >= 0.3 is 0 Å². The monoisotopic (exact) mass is 428 g/mol. The predicted molar refractivity (Wildman–Crippen MR) is 122 cm³/mol. The smallest absolute Gasteiger partial charge is 0.243 e. The first-order valence-corrected chi connectivity index (χ1v) is 10.4. The van der Waals surface area contributed by atoms with Crippen LogP contribution < -0.4 is 10.1 Å². The number of nitrogens with zero attached hydrogens (tertiary/aromatic N) is 3. The Morgan fingerprint density at radius 2 is 1.75 bits per heavy atom. The van der Waals surface area contributed by atoms with Gasteiger partial charge in [0.05, 0.1) is 18.9 Å². The lowest BCUT2D eigenvalue weighted by Gasteiger charge is -2.22. The molecular formula is C25H24N4O3. The van der Waals surface area contributed by atoms with Gasteiger partial charge in [-0.2, -0.15) is 5.10 Å². The molecular weight excluding hydrogens is 404 g/mol. The number of nitrogens with one attached hydrogen (secondary N) is 1. The van der Waals surface area contributed by atoms with E-state index in [0.29, 0.717) is 12.2 Å². The average Bonchev–Trinajstić information content (AvgIpc) is 3.29. The molecule has 1 atom stereocenters. The summed E-state index contributed by atoms with van der Waals surface area (Å²) >= 11 is 0. The number of benzene rings is 2. The largest absolute Gasteiger partial charge is 0.497 e. The average molecular weight is 428 g/mol. The quantitative estimate of drug-likeness (QED) is 0.612. The van der Waals surface area contributed by atoms with Crippen molar-refractivity contribution < 1.29 is 14.3 Å². The summed E-state index contributed by atoms with van der Waals surface area (Å²) in [5, 5.41) is 8.87. The molecule has 0 saturated heterocycles. The van der Waals surface area contributed by atoms with Crippen molar-refractivity contribution in [1.82, 2.24) is 9.99 Å². The molecule has 1 aliphatic heterocycles. The van der Waals surface area contributed by atoms with Gasteiger partial charge in [-0.05, 0) is 35.4 Å². The molecule has 0 aliphatic carbocycles. The van der Waals surface area contributed by atoms with E-state index in [1.165, 1.54) is 5.01 Å². The van der Waals surface area contributed by atoms with E-state index in [0.717, 1.165) is 22.6 Å². The van der Waals surface area contributed by atoms with E-state index in [-0.39, 0.29) is 30.7 Å². The maximum Gasteiger partial charge on any atom is 0.243 e. The molecule has 1 aliphatic rings. The van der Waals surface area contributed by atoms with Crippen LogP contribution in [0.1, 0.15) is 36.4 Å². The Hall–Kier alpha value is -4.00. The summed E-state index contributed by atoms with van der Waals surface area (Å²) in [6.07, 6.45) is 2.31. The number of hydrazone groups is 1. The van der Waals surface area contributed by atoms with Gasteiger partial charge in [-0.25, -0.2) is 9.99 Å². The fourth-order valence-corrected chi connectivity index (χ4v) is 3.61. The van der Waals surface area contributed by atoms with E-state index in [1.807, 2.05) is 54.6 Å². The van der Waals surface area contributed by atoms with E-state index >= 15 is 0 Å². The van der Waals surface area contributed by atoms with Crippen molar-refractivity contribution >= 4 is 23.3 Å². The summed E-state index contributed by atoms with van der Waals surface area (Å²) < 4.78 is 5.25. The third-order valence-electron chi connectivity index (χ3n) is 5.27. The van der Waals surface area contributed by atoms with E-state index in [9.17, 15) is 9.59 Å². The van der Waals surface area contributed by atoms with Crippen LogP contribution in [-0.4, -0.2) is 34.6 Å². The first-order chi connectivity index (χ1) is 15.6. The van der Waals surface area contributed by atoms with Crippen LogP contribution in [0, 0.1) is 0 Å². The number of ether oxygens (including phenoxy) is 1. The van der Waals surface area contributed by atoms with E-state index in [2.05, 4.69) is 15.4 Å². The number of anilines is 1. The Balaban J connectivity index is 1.49. The molecule has 3 aromatic rings. The first kappa shape index (κ1) is 21.2. The van der Waals surface area contributed by atoms with Crippen molar-refractivity contribution in [2.24, 2.45) is 5.10 Å². The predicted octanol–water partition coefficient (Wildman–Crippen LogP) is 4.19. The molecule has 0 saturated carbocycles. The molecule has 4 rings (SSSR count). The number of aromatic nitrogens is 1. The van der Waals surface area contributed by atoms with Gasteiger partial charge in [0.1, 0.15) is 11.6 Å². The standard InChI is InChI=1S/C25H24N4O3/c1-32-20-12-10-19(11-13-20)22-17-21(18-7-3-2-4-8-18)28-29(22)25(31)15-14-24(30)27-23-9-5-6-16-26-23/h2-13,16,22H,14-15,17H2,1H3,(H,26,27,30). The molecule has 0 radical (unpaired) electrons. The lowest BCUT2D eigenvalue weighted by atomic mass is 9.98. The fourth-order valence-electron chi connectivity index (χ4n) is 3.61. The van der Waals surface area contributed by atoms with Gasteiger partial charge in [0.15, 0.2) is 0 Å². The van der Waals surface area contributed by atoms with Gasteiger partial charge in [-0.3, -0.25) is 9.59 Å². The zero-order valence-corrected chi connectivity index (χ0v) is 17.8. The SMILES string of the molecule is COc1ccc(C2CC(c3ccccc3)=NN2C(=O)CCC(=O)Nc2ccccn2)cc1. The van der Waals surface area contributed by atoms with Crippen LogP contribution in [0.25, 0.3) is 0 Å². The molecule has 162 valence electrons. The number of hydrogen-bond donors (Lipinski definition) is 1. The van der Waals surface area contributed by atoms with Crippen LogP contribution in [0.5, 0.6) is 5.75 Å². The Morgan fingerprint density at radius 3 is 2.44 bits per heavy atom. The van der Waals surface area contributed by atoms with Crippen LogP contribution in [0.3, 0.4) is 0 Å². The third kappa shape index (κ3) is 5.00. The normalized spacial score (nSPS) is 15.2. The van der Waals surface area contributed by atoms with Gasteiger partial charge < -0.3 is 10.1 Å². The van der Waals surface area contributed by atoms with E-state index in [4.69, 9.17) is 4.74 Å². The Bertz CT molecular complexity index is 1100. The molecule has 1 N–H and O–H groups in total. The molecule has 0 fully saturated rings. The van der Waals surface area contributed by atoms with Crippen molar-refractivity contribution in [1.29, 1.82) is 0 Å². The highest BCUT2D eigenvalue weighted by Crippen LogP contribution is 2.34. The number of amides is 2. The van der Waals surface area contributed by atoms with Crippen LogP contribution in [0.15, 0.2) is 84.1 Å². The highest BCUT2D eigenvalue weighted by molar-refractivity contribution is 6.03.